The zero-order chi connectivity index (χ0) is 12.1. The molecule has 2 rings (SSSR count). The first-order valence-electron chi connectivity index (χ1n) is 5.74. The first kappa shape index (κ1) is 12.6. The number of ketones is 1. The maximum Gasteiger partial charge on any atom is 0.140 e. The van der Waals surface area contributed by atoms with E-state index in [-0.39, 0.29) is 5.92 Å². The molecule has 0 aromatic heterocycles. The van der Waals surface area contributed by atoms with Gasteiger partial charge in [0.2, 0.25) is 0 Å². The highest BCUT2D eigenvalue weighted by Gasteiger charge is 2.22. The van der Waals surface area contributed by atoms with Crippen LogP contribution in [0.15, 0.2) is 28.7 Å². The Hall–Kier alpha value is -0.870. The first-order valence-corrected chi connectivity index (χ1v) is 6.54. The number of rotatable bonds is 4. The minimum Gasteiger partial charge on any atom is -0.494 e. The number of hydrogen-bond donors (Lipinski definition) is 0. The molecule has 1 aromatic rings. The second kappa shape index (κ2) is 6.17. The Morgan fingerprint density at radius 1 is 1.47 bits per heavy atom. The molecule has 0 radical (unpaired) electrons. The van der Waals surface area contributed by atoms with E-state index in [0.717, 1.165) is 16.6 Å². The third kappa shape index (κ3) is 3.82. The van der Waals surface area contributed by atoms with Gasteiger partial charge in [0.05, 0.1) is 19.8 Å². The van der Waals surface area contributed by atoms with Gasteiger partial charge in [-0.05, 0) is 24.6 Å². The highest BCUT2D eigenvalue weighted by atomic mass is 79.9. The second-order valence-electron chi connectivity index (χ2n) is 4.08. The van der Waals surface area contributed by atoms with Crippen molar-refractivity contribution in [3.63, 3.8) is 0 Å². The van der Waals surface area contributed by atoms with Crippen LogP contribution in [-0.4, -0.2) is 25.6 Å². The number of Topliss-reactive ketones (excluding diaryl/α,β-unsaturated/α-hetero) is 1. The summed E-state index contributed by atoms with van der Waals surface area (Å²) < 4.78 is 11.9. The van der Waals surface area contributed by atoms with Crippen LogP contribution < -0.4 is 4.74 Å². The zero-order valence-corrected chi connectivity index (χ0v) is 11.1. The van der Waals surface area contributed by atoms with Crippen molar-refractivity contribution in [3.8, 4) is 5.75 Å². The van der Waals surface area contributed by atoms with Crippen LogP contribution in [0, 0.1) is 5.92 Å². The zero-order valence-electron chi connectivity index (χ0n) is 9.52. The molecule has 1 aliphatic rings. The normalized spacial score (nSPS) is 20.3. The largest absolute Gasteiger partial charge is 0.494 e. The molecule has 0 amide bonds. The van der Waals surface area contributed by atoms with Gasteiger partial charge in [0, 0.05) is 16.8 Å². The van der Waals surface area contributed by atoms with E-state index in [1.54, 1.807) is 0 Å². The minimum absolute atomic E-state index is 0.0101. The quantitative estimate of drug-likeness (QED) is 0.857. The van der Waals surface area contributed by atoms with Crippen molar-refractivity contribution in [1.82, 2.24) is 0 Å². The van der Waals surface area contributed by atoms with Gasteiger partial charge in [0.15, 0.2) is 0 Å². The number of carbonyl (C=O) groups is 1. The summed E-state index contributed by atoms with van der Waals surface area (Å²) in [5.41, 5.74) is 0. The van der Waals surface area contributed by atoms with Gasteiger partial charge in [-0.3, -0.25) is 4.79 Å². The average molecular weight is 299 g/mol. The van der Waals surface area contributed by atoms with E-state index in [9.17, 15) is 4.79 Å². The topological polar surface area (TPSA) is 35.5 Å². The molecule has 1 aromatic carbocycles. The molecule has 1 saturated heterocycles. The average Bonchev–Trinajstić information content (AvgIpc) is 2.32. The van der Waals surface area contributed by atoms with Crippen LogP contribution in [0.3, 0.4) is 0 Å². The standard InChI is InChI=1S/C13H15BrO3/c14-11-2-1-3-12(8-11)17-7-4-10-9-16-6-5-13(10)15/h1-3,8,10H,4-7,9H2. The van der Waals surface area contributed by atoms with Crippen molar-refractivity contribution in [2.45, 2.75) is 12.8 Å². The number of ether oxygens (including phenoxy) is 2. The second-order valence-corrected chi connectivity index (χ2v) is 5.00. The third-order valence-electron chi connectivity index (χ3n) is 2.80. The van der Waals surface area contributed by atoms with Gasteiger partial charge in [-0.25, -0.2) is 0 Å². The Morgan fingerprint density at radius 2 is 2.35 bits per heavy atom. The molecule has 0 spiro atoms. The number of carbonyl (C=O) groups excluding carboxylic acids is 1. The smallest absolute Gasteiger partial charge is 0.140 e. The van der Waals surface area contributed by atoms with E-state index in [1.165, 1.54) is 0 Å². The molecule has 4 heteroatoms. The number of hydrogen-bond acceptors (Lipinski definition) is 3. The Balaban J connectivity index is 1.77. The fourth-order valence-electron chi connectivity index (χ4n) is 1.82. The van der Waals surface area contributed by atoms with Crippen LogP contribution in [0.2, 0.25) is 0 Å². The molecular formula is C13H15BrO3. The molecule has 0 N–H and O–H groups in total. The van der Waals surface area contributed by atoms with Gasteiger partial charge in [0.1, 0.15) is 11.5 Å². The van der Waals surface area contributed by atoms with Crippen molar-refractivity contribution < 1.29 is 14.3 Å². The monoisotopic (exact) mass is 298 g/mol. The molecular weight excluding hydrogens is 284 g/mol. The number of benzene rings is 1. The van der Waals surface area contributed by atoms with Crippen LogP contribution in [0.25, 0.3) is 0 Å². The summed E-state index contributed by atoms with van der Waals surface area (Å²) in [5.74, 6) is 1.13. The fraction of sp³-hybridized carbons (Fsp3) is 0.462. The summed E-state index contributed by atoms with van der Waals surface area (Å²) in [6.07, 6.45) is 1.27. The van der Waals surface area contributed by atoms with Gasteiger partial charge >= 0.3 is 0 Å². The molecule has 0 saturated carbocycles. The molecule has 3 nitrogen and oxygen atoms in total. The number of halogens is 1. The SMILES string of the molecule is O=C1CCOCC1CCOc1cccc(Br)c1. The summed E-state index contributed by atoms with van der Waals surface area (Å²) in [7, 11) is 0. The highest BCUT2D eigenvalue weighted by Crippen LogP contribution is 2.19. The lowest BCUT2D eigenvalue weighted by Gasteiger charge is -2.20. The first-order chi connectivity index (χ1) is 8.25. The van der Waals surface area contributed by atoms with Crippen LogP contribution in [0.1, 0.15) is 12.8 Å². The Labute approximate surface area is 109 Å². The van der Waals surface area contributed by atoms with Crippen LogP contribution in [0.5, 0.6) is 5.75 Å². The predicted molar refractivity (Wildman–Crippen MR) is 68.2 cm³/mol. The van der Waals surface area contributed by atoms with E-state index >= 15 is 0 Å². The summed E-state index contributed by atoms with van der Waals surface area (Å²) in [5, 5.41) is 0. The lowest BCUT2D eigenvalue weighted by Crippen LogP contribution is -2.28. The van der Waals surface area contributed by atoms with E-state index in [4.69, 9.17) is 9.47 Å². The molecule has 92 valence electrons. The summed E-state index contributed by atoms with van der Waals surface area (Å²) in [6.45, 7) is 1.67. The third-order valence-corrected chi connectivity index (χ3v) is 3.29. The van der Waals surface area contributed by atoms with Crippen molar-refractivity contribution in [2.75, 3.05) is 19.8 Å². The lowest BCUT2D eigenvalue weighted by atomic mass is 9.98. The van der Waals surface area contributed by atoms with Crippen LogP contribution in [-0.2, 0) is 9.53 Å². The molecule has 0 bridgehead atoms. The summed E-state index contributed by atoms with van der Waals surface area (Å²) in [4.78, 5) is 11.5. The molecule has 1 aliphatic heterocycles. The highest BCUT2D eigenvalue weighted by molar-refractivity contribution is 9.10. The lowest BCUT2D eigenvalue weighted by molar-refractivity contribution is -0.131. The van der Waals surface area contributed by atoms with Crippen LogP contribution in [0.4, 0.5) is 0 Å². The maximum absolute atomic E-state index is 11.5. The Morgan fingerprint density at radius 3 is 3.12 bits per heavy atom. The Kier molecular flexibility index (Phi) is 4.57. The molecule has 1 atom stereocenters. The van der Waals surface area contributed by atoms with E-state index < -0.39 is 0 Å². The van der Waals surface area contributed by atoms with Gasteiger partial charge in [-0.2, -0.15) is 0 Å². The van der Waals surface area contributed by atoms with Crippen molar-refractivity contribution in [2.24, 2.45) is 5.92 Å². The predicted octanol–water partition coefficient (Wildman–Crippen LogP) is 2.82. The van der Waals surface area contributed by atoms with Gasteiger partial charge in [-0.15, -0.1) is 0 Å². The Bertz CT molecular complexity index is 392. The minimum atomic E-state index is 0.0101. The maximum atomic E-state index is 11.5. The van der Waals surface area contributed by atoms with Crippen LogP contribution >= 0.6 is 15.9 Å². The van der Waals surface area contributed by atoms with Gasteiger partial charge in [-0.1, -0.05) is 22.0 Å². The van der Waals surface area contributed by atoms with Gasteiger partial charge in [0.25, 0.3) is 0 Å². The van der Waals surface area contributed by atoms with Gasteiger partial charge < -0.3 is 9.47 Å². The summed E-state index contributed by atoms with van der Waals surface area (Å²) in [6, 6.07) is 7.70. The van der Waals surface area contributed by atoms with Crippen molar-refractivity contribution in [1.29, 1.82) is 0 Å². The molecule has 0 aliphatic carbocycles. The molecule has 1 fully saturated rings. The fourth-order valence-corrected chi connectivity index (χ4v) is 2.19. The van der Waals surface area contributed by atoms with Crippen molar-refractivity contribution in [3.05, 3.63) is 28.7 Å². The van der Waals surface area contributed by atoms with Crippen molar-refractivity contribution >= 4 is 21.7 Å². The summed E-state index contributed by atoms with van der Waals surface area (Å²) >= 11 is 3.39. The van der Waals surface area contributed by atoms with E-state index in [1.807, 2.05) is 24.3 Å². The molecule has 1 heterocycles. The molecule has 17 heavy (non-hydrogen) atoms. The van der Waals surface area contributed by atoms with E-state index in [2.05, 4.69) is 15.9 Å². The molecule has 1 unspecified atom stereocenters. The van der Waals surface area contributed by atoms with E-state index in [0.29, 0.717) is 32.0 Å².